The highest BCUT2D eigenvalue weighted by Crippen LogP contribution is 2.29. The maximum Gasteiger partial charge on any atom is 0.305 e. The minimum absolute atomic E-state index is 0.0778. The zero-order valence-corrected chi connectivity index (χ0v) is 10.7. The first-order valence-corrected chi connectivity index (χ1v) is 6.27. The van der Waals surface area contributed by atoms with E-state index in [4.69, 9.17) is 0 Å². The maximum atomic E-state index is 10.5. The molecule has 2 atom stereocenters. The lowest BCUT2D eigenvalue weighted by Gasteiger charge is -2.31. The number of hydrogen-bond donors (Lipinski definition) is 1. The molecule has 6 heteroatoms. The van der Waals surface area contributed by atoms with Gasteiger partial charge in [0.15, 0.2) is 0 Å². The number of nitro groups is 1. The van der Waals surface area contributed by atoms with E-state index in [2.05, 4.69) is 29.1 Å². The van der Waals surface area contributed by atoms with Crippen molar-refractivity contribution in [1.29, 1.82) is 0 Å². The van der Waals surface area contributed by atoms with Crippen LogP contribution in [0.15, 0.2) is 12.4 Å². The van der Waals surface area contributed by atoms with Gasteiger partial charge in [-0.3, -0.25) is 10.1 Å². The first-order chi connectivity index (χ1) is 8.54. The molecular formula is C12H18N4O2. The second-order valence-corrected chi connectivity index (χ2v) is 5.28. The van der Waals surface area contributed by atoms with Gasteiger partial charge in [-0.2, -0.15) is 0 Å². The van der Waals surface area contributed by atoms with Gasteiger partial charge < -0.3 is 5.32 Å². The Hall–Kier alpha value is -1.72. The molecule has 0 spiro atoms. The fraction of sp³-hybridized carbons (Fsp3) is 0.667. The van der Waals surface area contributed by atoms with Gasteiger partial charge in [0, 0.05) is 6.04 Å². The van der Waals surface area contributed by atoms with Gasteiger partial charge in [-0.15, -0.1) is 0 Å². The smallest absolute Gasteiger partial charge is 0.305 e. The number of hydrogen-bond acceptors (Lipinski definition) is 5. The normalized spacial score (nSPS) is 27.8. The molecule has 1 N–H and O–H groups in total. The minimum atomic E-state index is -0.492. The highest BCUT2D eigenvalue weighted by molar-refractivity contribution is 5.31. The lowest BCUT2D eigenvalue weighted by Crippen LogP contribution is -2.30. The topological polar surface area (TPSA) is 81.0 Å². The molecule has 1 aromatic rings. The summed E-state index contributed by atoms with van der Waals surface area (Å²) in [6.45, 7) is 4.50. The SMILES string of the molecule is CC1CC(C)CC(Nc2ncc([N+](=O)[O-])cn2)C1. The second-order valence-electron chi connectivity index (χ2n) is 5.28. The number of rotatable bonds is 3. The van der Waals surface area contributed by atoms with Gasteiger partial charge in [0.25, 0.3) is 0 Å². The highest BCUT2D eigenvalue weighted by atomic mass is 16.6. The van der Waals surface area contributed by atoms with E-state index in [1.54, 1.807) is 0 Å². The molecule has 0 amide bonds. The van der Waals surface area contributed by atoms with Crippen molar-refractivity contribution < 1.29 is 4.92 Å². The number of anilines is 1. The highest BCUT2D eigenvalue weighted by Gasteiger charge is 2.24. The van der Waals surface area contributed by atoms with Gasteiger partial charge in [-0.25, -0.2) is 9.97 Å². The molecule has 0 aliphatic heterocycles. The molecule has 18 heavy (non-hydrogen) atoms. The third-order valence-corrected chi connectivity index (χ3v) is 3.36. The van der Waals surface area contributed by atoms with Crippen molar-refractivity contribution in [2.75, 3.05) is 5.32 Å². The molecule has 0 radical (unpaired) electrons. The minimum Gasteiger partial charge on any atom is -0.351 e. The van der Waals surface area contributed by atoms with Gasteiger partial charge in [0.1, 0.15) is 12.4 Å². The van der Waals surface area contributed by atoms with Crippen LogP contribution in [0.3, 0.4) is 0 Å². The fourth-order valence-corrected chi connectivity index (χ4v) is 2.74. The molecule has 1 aliphatic rings. The number of nitrogens with zero attached hydrogens (tertiary/aromatic N) is 3. The predicted octanol–water partition coefficient (Wildman–Crippen LogP) is 2.62. The molecule has 1 aliphatic carbocycles. The van der Waals surface area contributed by atoms with Crippen LogP contribution in [0.25, 0.3) is 0 Å². The summed E-state index contributed by atoms with van der Waals surface area (Å²) in [5, 5.41) is 13.8. The third kappa shape index (κ3) is 3.15. The number of aromatic nitrogens is 2. The Labute approximate surface area is 106 Å². The van der Waals surface area contributed by atoms with Crippen LogP contribution in [0, 0.1) is 22.0 Å². The molecule has 2 unspecified atom stereocenters. The number of nitrogens with one attached hydrogen (secondary N) is 1. The molecule has 1 heterocycles. The Morgan fingerprint density at radius 2 is 1.78 bits per heavy atom. The molecule has 1 fully saturated rings. The molecule has 1 saturated carbocycles. The van der Waals surface area contributed by atoms with E-state index in [1.165, 1.54) is 18.8 Å². The lowest BCUT2D eigenvalue weighted by atomic mass is 9.80. The first-order valence-electron chi connectivity index (χ1n) is 6.27. The molecule has 6 nitrogen and oxygen atoms in total. The van der Waals surface area contributed by atoms with Crippen LogP contribution in [0.1, 0.15) is 33.1 Å². The van der Waals surface area contributed by atoms with Crippen molar-refractivity contribution in [3.8, 4) is 0 Å². The first kappa shape index (κ1) is 12.7. The Morgan fingerprint density at radius 1 is 1.22 bits per heavy atom. The molecule has 98 valence electrons. The monoisotopic (exact) mass is 250 g/mol. The molecule has 0 aromatic carbocycles. The van der Waals surface area contributed by atoms with E-state index >= 15 is 0 Å². The maximum absolute atomic E-state index is 10.5. The molecule has 2 rings (SSSR count). The van der Waals surface area contributed by atoms with Gasteiger partial charge in [-0.05, 0) is 31.1 Å². The van der Waals surface area contributed by atoms with Crippen LogP contribution in [0.2, 0.25) is 0 Å². The average Bonchev–Trinajstić information content (AvgIpc) is 2.28. The quantitative estimate of drug-likeness (QED) is 0.658. The Kier molecular flexibility index (Phi) is 3.74. The molecular weight excluding hydrogens is 232 g/mol. The summed E-state index contributed by atoms with van der Waals surface area (Å²) in [6, 6.07) is 0.366. The van der Waals surface area contributed by atoms with Crippen molar-refractivity contribution in [2.45, 2.75) is 39.2 Å². The molecule has 1 aromatic heterocycles. The van der Waals surface area contributed by atoms with E-state index in [0.717, 1.165) is 12.8 Å². The summed E-state index contributed by atoms with van der Waals surface area (Å²) in [5.74, 6) is 1.88. The van der Waals surface area contributed by atoms with Crippen molar-refractivity contribution in [1.82, 2.24) is 9.97 Å². The largest absolute Gasteiger partial charge is 0.351 e. The fourth-order valence-electron chi connectivity index (χ4n) is 2.74. The summed E-state index contributed by atoms with van der Waals surface area (Å²) in [4.78, 5) is 18.0. The van der Waals surface area contributed by atoms with Crippen LogP contribution in [-0.4, -0.2) is 20.9 Å². The third-order valence-electron chi connectivity index (χ3n) is 3.36. The van der Waals surface area contributed by atoms with Crippen LogP contribution >= 0.6 is 0 Å². The average molecular weight is 250 g/mol. The second kappa shape index (κ2) is 5.29. The Balaban J connectivity index is 1.98. The van der Waals surface area contributed by atoms with Crippen molar-refractivity contribution in [2.24, 2.45) is 11.8 Å². The van der Waals surface area contributed by atoms with Crippen LogP contribution in [-0.2, 0) is 0 Å². The lowest BCUT2D eigenvalue weighted by molar-refractivity contribution is -0.385. The van der Waals surface area contributed by atoms with Crippen LogP contribution in [0.5, 0.6) is 0 Å². The molecule has 0 bridgehead atoms. The summed E-state index contributed by atoms with van der Waals surface area (Å²) in [6.07, 6.45) is 5.95. The summed E-state index contributed by atoms with van der Waals surface area (Å²) in [7, 11) is 0. The summed E-state index contributed by atoms with van der Waals surface area (Å²) < 4.78 is 0. The Bertz CT molecular complexity index is 411. The zero-order chi connectivity index (χ0) is 13.1. The van der Waals surface area contributed by atoms with E-state index in [9.17, 15) is 10.1 Å². The van der Waals surface area contributed by atoms with Gasteiger partial charge >= 0.3 is 5.69 Å². The zero-order valence-electron chi connectivity index (χ0n) is 10.7. The molecule has 0 saturated heterocycles. The van der Waals surface area contributed by atoms with Crippen molar-refractivity contribution >= 4 is 11.6 Å². The standard InChI is InChI=1S/C12H18N4O2/c1-8-3-9(2)5-10(4-8)15-12-13-6-11(7-14-12)16(17)18/h6-10H,3-5H2,1-2H3,(H,13,14,15). The van der Waals surface area contributed by atoms with Crippen molar-refractivity contribution in [3.05, 3.63) is 22.5 Å². The van der Waals surface area contributed by atoms with E-state index in [0.29, 0.717) is 23.8 Å². The van der Waals surface area contributed by atoms with Gasteiger partial charge in [-0.1, -0.05) is 13.8 Å². The summed E-state index contributed by atoms with van der Waals surface area (Å²) >= 11 is 0. The summed E-state index contributed by atoms with van der Waals surface area (Å²) in [5.41, 5.74) is -0.0778. The van der Waals surface area contributed by atoms with E-state index in [-0.39, 0.29) is 5.69 Å². The van der Waals surface area contributed by atoms with Gasteiger partial charge in [0.05, 0.1) is 4.92 Å². The van der Waals surface area contributed by atoms with Crippen LogP contribution < -0.4 is 5.32 Å². The Morgan fingerprint density at radius 3 is 2.28 bits per heavy atom. The van der Waals surface area contributed by atoms with Gasteiger partial charge in [0.2, 0.25) is 5.95 Å². The van der Waals surface area contributed by atoms with E-state index < -0.39 is 4.92 Å². The van der Waals surface area contributed by atoms with Crippen molar-refractivity contribution in [3.63, 3.8) is 0 Å². The predicted molar refractivity (Wildman–Crippen MR) is 68.3 cm³/mol. The van der Waals surface area contributed by atoms with Crippen LogP contribution in [0.4, 0.5) is 11.6 Å². The van der Waals surface area contributed by atoms with E-state index in [1.807, 2.05) is 0 Å².